The van der Waals surface area contributed by atoms with E-state index in [1.807, 2.05) is 0 Å². The molecule has 27 heavy (non-hydrogen) atoms. The summed E-state index contributed by atoms with van der Waals surface area (Å²) in [4.78, 5) is 26.2. The van der Waals surface area contributed by atoms with Crippen LogP contribution in [-0.2, 0) is 11.3 Å². The Kier molecular flexibility index (Phi) is 5.86. The van der Waals surface area contributed by atoms with Crippen LogP contribution in [0.15, 0.2) is 45.8 Å². The van der Waals surface area contributed by atoms with Gasteiger partial charge in [-0.15, -0.1) is 0 Å². The second-order valence-corrected chi connectivity index (χ2v) is 7.45. The summed E-state index contributed by atoms with van der Waals surface area (Å²) in [6.07, 6.45) is 1.60. The van der Waals surface area contributed by atoms with E-state index in [-0.39, 0.29) is 17.0 Å². The van der Waals surface area contributed by atoms with E-state index in [0.717, 1.165) is 16.7 Å². The summed E-state index contributed by atoms with van der Waals surface area (Å²) in [6, 6.07) is 9.52. The van der Waals surface area contributed by atoms with Crippen molar-refractivity contribution in [1.82, 2.24) is 4.90 Å². The molecule has 0 unspecified atom stereocenters. The number of imide groups is 1. The maximum Gasteiger partial charge on any atom is 0.293 e. The van der Waals surface area contributed by atoms with Gasteiger partial charge in [-0.3, -0.25) is 14.5 Å². The third-order valence-electron chi connectivity index (χ3n) is 3.91. The van der Waals surface area contributed by atoms with Gasteiger partial charge in [0.15, 0.2) is 11.5 Å². The van der Waals surface area contributed by atoms with Crippen LogP contribution >= 0.6 is 27.7 Å². The first-order valence-corrected chi connectivity index (χ1v) is 9.46. The van der Waals surface area contributed by atoms with Gasteiger partial charge >= 0.3 is 0 Å². The fraction of sp³-hybridized carbons (Fsp3) is 0.158. The van der Waals surface area contributed by atoms with Crippen molar-refractivity contribution in [1.29, 1.82) is 0 Å². The number of ether oxygens (including phenoxy) is 2. The predicted molar refractivity (Wildman–Crippen MR) is 105 cm³/mol. The van der Waals surface area contributed by atoms with E-state index in [1.54, 1.807) is 36.4 Å². The minimum Gasteiger partial charge on any atom is -0.493 e. The summed E-state index contributed by atoms with van der Waals surface area (Å²) in [5.74, 6) is 0.106. The van der Waals surface area contributed by atoms with E-state index in [9.17, 15) is 14.0 Å². The average Bonchev–Trinajstić information content (AvgIpc) is 2.90. The topological polar surface area (TPSA) is 55.8 Å². The summed E-state index contributed by atoms with van der Waals surface area (Å²) in [6.45, 7) is -0.107. The summed E-state index contributed by atoms with van der Waals surface area (Å²) >= 11 is 4.21. The molecule has 0 atom stereocenters. The number of rotatable bonds is 5. The van der Waals surface area contributed by atoms with Crippen molar-refractivity contribution in [2.45, 2.75) is 6.54 Å². The molecule has 8 heteroatoms. The molecule has 0 N–H and O–H groups in total. The molecule has 0 saturated carbocycles. The van der Waals surface area contributed by atoms with E-state index < -0.39 is 17.0 Å². The number of methoxy groups -OCH3 is 2. The van der Waals surface area contributed by atoms with Crippen molar-refractivity contribution < 1.29 is 23.5 Å². The molecular formula is C19H15BrFNO4S. The van der Waals surface area contributed by atoms with Gasteiger partial charge < -0.3 is 9.47 Å². The smallest absolute Gasteiger partial charge is 0.293 e. The Labute approximate surface area is 168 Å². The Morgan fingerprint density at radius 2 is 1.93 bits per heavy atom. The molecular weight excluding hydrogens is 437 g/mol. The van der Waals surface area contributed by atoms with Gasteiger partial charge in [0.2, 0.25) is 0 Å². The highest BCUT2D eigenvalue weighted by atomic mass is 79.9. The van der Waals surface area contributed by atoms with E-state index in [0.29, 0.717) is 21.5 Å². The normalized spacial score (nSPS) is 15.6. The highest BCUT2D eigenvalue weighted by Crippen LogP contribution is 2.39. The van der Waals surface area contributed by atoms with Crippen molar-refractivity contribution in [2.24, 2.45) is 0 Å². The van der Waals surface area contributed by atoms with Gasteiger partial charge in [-0.1, -0.05) is 18.2 Å². The summed E-state index contributed by atoms with van der Waals surface area (Å²) in [7, 11) is 3.03. The number of amides is 2. The number of nitrogens with zero attached hydrogens (tertiary/aromatic N) is 1. The zero-order chi connectivity index (χ0) is 19.6. The van der Waals surface area contributed by atoms with Crippen LogP contribution in [0.1, 0.15) is 11.1 Å². The second kappa shape index (κ2) is 8.14. The monoisotopic (exact) mass is 451 g/mol. The number of benzene rings is 2. The minimum absolute atomic E-state index is 0.107. The Hall–Kier alpha value is -2.32. The van der Waals surface area contributed by atoms with Crippen LogP contribution in [0, 0.1) is 5.82 Å². The number of thioether (sulfide) groups is 1. The number of hydrogen-bond donors (Lipinski definition) is 0. The highest BCUT2D eigenvalue weighted by Gasteiger charge is 2.35. The molecule has 1 fully saturated rings. The van der Waals surface area contributed by atoms with E-state index in [2.05, 4.69) is 15.9 Å². The maximum atomic E-state index is 13.8. The molecule has 3 rings (SSSR count). The molecule has 0 radical (unpaired) electrons. The van der Waals surface area contributed by atoms with Crippen LogP contribution in [0.2, 0.25) is 0 Å². The van der Waals surface area contributed by atoms with Gasteiger partial charge in [0.25, 0.3) is 11.1 Å². The summed E-state index contributed by atoms with van der Waals surface area (Å²) in [5, 5.41) is -0.436. The summed E-state index contributed by atoms with van der Waals surface area (Å²) in [5.41, 5.74) is 0.950. The standard InChI is InChI=1S/C19H15BrFNO4S/c1-25-15-8-11(7-13(20)17(15)26-2)9-16-18(23)22(19(24)27-16)10-12-5-3-4-6-14(12)21/h3-9H,10H2,1-2H3/b16-9-. The molecule has 1 saturated heterocycles. The lowest BCUT2D eigenvalue weighted by molar-refractivity contribution is -0.123. The first kappa shape index (κ1) is 19.4. The van der Waals surface area contributed by atoms with E-state index >= 15 is 0 Å². The molecule has 0 bridgehead atoms. The van der Waals surface area contributed by atoms with E-state index in [1.165, 1.54) is 20.3 Å². The average molecular weight is 452 g/mol. The first-order valence-electron chi connectivity index (χ1n) is 7.85. The lowest BCUT2D eigenvalue weighted by atomic mass is 10.1. The van der Waals surface area contributed by atoms with Gasteiger partial charge in [-0.2, -0.15) is 0 Å². The predicted octanol–water partition coefficient (Wildman–Crippen LogP) is 4.84. The molecule has 2 amide bonds. The highest BCUT2D eigenvalue weighted by molar-refractivity contribution is 9.10. The van der Waals surface area contributed by atoms with Gasteiger partial charge in [-0.05, 0) is 57.5 Å². The Morgan fingerprint density at radius 1 is 1.19 bits per heavy atom. The van der Waals surface area contributed by atoms with Crippen LogP contribution in [-0.4, -0.2) is 30.3 Å². The van der Waals surface area contributed by atoms with Crippen molar-refractivity contribution in [2.75, 3.05) is 14.2 Å². The molecule has 0 aromatic heterocycles. The minimum atomic E-state index is -0.459. The third kappa shape index (κ3) is 4.01. The van der Waals surface area contributed by atoms with E-state index in [4.69, 9.17) is 9.47 Å². The van der Waals surface area contributed by atoms with Gasteiger partial charge in [0.1, 0.15) is 5.82 Å². The molecule has 1 aliphatic rings. The fourth-order valence-electron chi connectivity index (χ4n) is 2.61. The Balaban J connectivity index is 1.88. The molecule has 140 valence electrons. The molecule has 1 aliphatic heterocycles. The van der Waals surface area contributed by atoms with Crippen LogP contribution in [0.25, 0.3) is 6.08 Å². The van der Waals surface area contributed by atoms with Crippen molar-refractivity contribution in [3.8, 4) is 11.5 Å². The Morgan fingerprint density at radius 3 is 2.59 bits per heavy atom. The third-order valence-corrected chi connectivity index (χ3v) is 5.41. The molecule has 1 heterocycles. The zero-order valence-electron chi connectivity index (χ0n) is 14.5. The number of carbonyl (C=O) groups excluding carboxylic acids is 2. The molecule has 5 nitrogen and oxygen atoms in total. The van der Waals surface area contributed by atoms with Crippen LogP contribution in [0.5, 0.6) is 11.5 Å². The first-order chi connectivity index (χ1) is 12.9. The van der Waals surface area contributed by atoms with Crippen molar-refractivity contribution >= 4 is 44.9 Å². The quantitative estimate of drug-likeness (QED) is 0.608. The second-order valence-electron chi connectivity index (χ2n) is 5.60. The largest absolute Gasteiger partial charge is 0.493 e. The van der Waals surface area contributed by atoms with Gasteiger partial charge in [0, 0.05) is 5.56 Å². The number of carbonyl (C=O) groups is 2. The fourth-order valence-corrected chi connectivity index (χ4v) is 4.07. The van der Waals surface area contributed by atoms with Crippen LogP contribution in [0.3, 0.4) is 0 Å². The van der Waals surface area contributed by atoms with Crippen LogP contribution in [0.4, 0.5) is 9.18 Å². The van der Waals surface area contributed by atoms with Gasteiger partial charge in [-0.25, -0.2) is 4.39 Å². The molecule has 0 spiro atoms. The SMILES string of the molecule is COc1cc(/C=C2\SC(=O)N(Cc3ccccc3F)C2=O)cc(Br)c1OC. The summed E-state index contributed by atoms with van der Waals surface area (Å²) < 4.78 is 25.0. The van der Waals surface area contributed by atoms with Crippen LogP contribution < -0.4 is 9.47 Å². The molecule has 0 aliphatic carbocycles. The number of hydrogen-bond acceptors (Lipinski definition) is 5. The lowest BCUT2D eigenvalue weighted by Gasteiger charge is -2.13. The number of halogens is 2. The van der Waals surface area contributed by atoms with Crippen molar-refractivity contribution in [3.63, 3.8) is 0 Å². The zero-order valence-corrected chi connectivity index (χ0v) is 16.9. The lowest BCUT2D eigenvalue weighted by Crippen LogP contribution is -2.27. The molecule has 2 aromatic carbocycles. The maximum absolute atomic E-state index is 13.8. The molecule has 2 aromatic rings. The van der Waals surface area contributed by atoms with Gasteiger partial charge in [0.05, 0.1) is 30.1 Å². The Bertz CT molecular complexity index is 947. The van der Waals surface area contributed by atoms with Crippen molar-refractivity contribution in [3.05, 3.63) is 62.7 Å².